The molecule has 0 aliphatic carbocycles. The number of nitrogens with zero attached hydrogens (tertiary/aromatic N) is 1. The molecule has 29 heavy (non-hydrogen) atoms. The van der Waals surface area contributed by atoms with Crippen LogP contribution in [0.15, 0.2) is 48.5 Å². The van der Waals surface area contributed by atoms with Gasteiger partial charge in [-0.1, -0.05) is 49.7 Å². The molecule has 0 saturated carbocycles. The summed E-state index contributed by atoms with van der Waals surface area (Å²) >= 11 is 6.20. The molecule has 1 N–H and O–H groups in total. The molecule has 154 valence electrons. The van der Waals surface area contributed by atoms with Gasteiger partial charge in [0.05, 0.1) is 16.5 Å². The standard InChI is InChI=1S/C23H26ClFN2O2/c1-15(2)11-12-26-22(28)20-14-27(23(29)18-5-3-4-6-21(18)24)13-19(20)16-7-9-17(25)10-8-16/h3-10,15,19-20H,11-14H2,1-2H3,(H,26,28)/t19-,20-/m0/s1. The number of likely N-dealkylation sites (tertiary alicyclic amines) is 1. The molecule has 0 radical (unpaired) electrons. The average molecular weight is 417 g/mol. The van der Waals surface area contributed by atoms with Crippen LogP contribution < -0.4 is 5.32 Å². The molecule has 2 amide bonds. The van der Waals surface area contributed by atoms with Crippen molar-refractivity contribution in [3.63, 3.8) is 0 Å². The van der Waals surface area contributed by atoms with Crippen molar-refractivity contribution in [3.05, 3.63) is 70.5 Å². The molecule has 4 nitrogen and oxygen atoms in total. The van der Waals surface area contributed by atoms with Gasteiger partial charge in [-0.3, -0.25) is 9.59 Å². The van der Waals surface area contributed by atoms with Crippen LogP contribution in [-0.2, 0) is 4.79 Å². The summed E-state index contributed by atoms with van der Waals surface area (Å²) in [6.45, 7) is 5.50. The maximum absolute atomic E-state index is 13.4. The van der Waals surface area contributed by atoms with Crippen molar-refractivity contribution in [3.8, 4) is 0 Å². The first-order valence-electron chi connectivity index (χ1n) is 9.93. The Balaban J connectivity index is 1.81. The number of hydrogen-bond acceptors (Lipinski definition) is 2. The fourth-order valence-electron chi connectivity index (χ4n) is 3.70. The molecule has 1 heterocycles. The summed E-state index contributed by atoms with van der Waals surface area (Å²) < 4.78 is 13.4. The molecule has 6 heteroatoms. The molecule has 3 rings (SSSR count). The van der Waals surface area contributed by atoms with Crippen LogP contribution >= 0.6 is 11.6 Å². The van der Waals surface area contributed by atoms with Gasteiger partial charge in [-0.25, -0.2) is 4.39 Å². The van der Waals surface area contributed by atoms with E-state index in [0.29, 0.717) is 36.1 Å². The van der Waals surface area contributed by atoms with E-state index >= 15 is 0 Å². The Morgan fingerprint density at radius 2 is 1.83 bits per heavy atom. The van der Waals surface area contributed by atoms with Gasteiger partial charge < -0.3 is 10.2 Å². The number of carbonyl (C=O) groups is 2. The van der Waals surface area contributed by atoms with Gasteiger partial charge in [-0.2, -0.15) is 0 Å². The molecule has 1 saturated heterocycles. The van der Waals surface area contributed by atoms with E-state index in [9.17, 15) is 14.0 Å². The first-order valence-corrected chi connectivity index (χ1v) is 10.3. The largest absolute Gasteiger partial charge is 0.356 e. The van der Waals surface area contributed by atoms with Crippen LogP contribution in [0.5, 0.6) is 0 Å². The van der Waals surface area contributed by atoms with Crippen LogP contribution in [0.2, 0.25) is 5.02 Å². The van der Waals surface area contributed by atoms with Crippen LogP contribution in [-0.4, -0.2) is 36.3 Å². The molecule has 0 aromatic heterocycles. The summed E-state index contributed by atoms with van der Waals surface area (Å²) in [5.74, 6) is -0.687. The molecule has 2 atom stereocenters. The van der Waals surface area contributed by atoms with Crippen LogP contribution in [0.4, 0.5) is 4.39 Å². The van der Waals surface area contributed by atoms with Crippen LogP contribution in [0.1, 0.15) is 42.1 Å². The van der Waals surface area contributed by atoms with Crippen LogP contribution in [0, 0.1) is 17.7 Å². The zero-order valence-corrected chi connectivity index (χ0v) is 17.5. The van der Waals surface area contributed by atoms with E-state index in [0.717, 1.165) is 12.0 Å². The van der Waals surface area contributed by atoms with E-state index in [4.69, 9.17) is 11.6 Å². The van der Waals surface area contributed by atoms with Crippen molar-refractivity contribution < 1.29 is 14.0 Å². The number of nitrogens with one attached hydrogen (secondary N) is 1. The van der Waals surface area contributed by atoms with Gasteiger partial charge in [0.25, 0.3) is 5.91 Å². The Kier molecular flexibility index (Phi) is 6.91. The summed E-state index contributed by atoms with van der Waals surface area (Å²) in [5, 5.41) is 3.39. The number of hydrogen-bond donors (Lipinski definition) is 1. The Hall–Kier alpha value is -2.40. The van der Waals surface area contributed by atoms with E-state index in [1.807, 2.05) is 0 Å². The molecule has 2 aromatic rings. The molecule has 1 fully saturated rings. The van der Waals surface area contributed by atoms with Crippen molar-refractivity contribution in [1.82, 2.24) is 10.2 Å². The lowest BCUT2D eigenvalue weighted by Crippen LogP contribution is -2.36. The minimum atomic E-state index is -0.390. The monoisotopic (exact) mass is 416 g/mol. The van der Waals surface area contributed by atoms with Gasteiger partial charge in [0.2, 0.25) is 5.91 Å². The lowest BCUT2D eigenvalue weighted by Gasteiger charge is -2.18. The molecule has 1 aliphatic heterocycles. The lowest BCUT2D eigenvalue weighted by molar-refractivity contribution is -0.124. The highest BCUT2D eigenvalue weighted by Crippen LogP contribution is 2.34. The van der Waals surface area contributed by atoms with E-state index < -0.39 is 0 Å². The highest BCUT2D eigenvalue weighted by Gasteiger charge is 2.40. The Bertz CT molecular complexity index is 869. The Labute approximate surface area is 176 Å². The van der Waals surface area contributed by atoms with Gasteiger partial charge in [-0.05, 0) is 42.2 Å². The topological polar surface area (TPSA) is 49.4 Å². The lowest BCUT2D eigenvalue weighted by atomic mass is 9.88. The summed E-state index contributed by atoms with van der Waals surface area (Å²) in [6, 6.07) is 13.1. The maximum atomic E-state index is 13.4. The molecular weight excluding hydrogens is 391 g/mol. The van der Waals surface area contributed by atoms with Gasteiger partial charge in [0, 0.05) is 25.6 Å². The number of halogens is 2. The van der Waals surface area contributed by atoms with E-state index in [1.165, 1.54) is 12.1 Å². The number of amides is 2. The van der Waals surface area contributed by atoms with Crippen molar-refractivity contribution in [2.45, 2.75) is 26.2 Å². The fourth-order valence-corrected chi connectivity index (χ4v) is 3.92. The highest BCUT2D eigenvalue weighted by molar-refractivity contribution is 6.33. The molecule has 0 bridgehead atoms. The Morgan fingerprint density at radius 1 is 1.14 bits per heavy atom. The molecule has 1 aliphatic rings. The van der Waals surface area contributed by atoms with E-state index in [1.54, 1.807) is 41.3 Å². The predicted molar refractivity (Wildman–Crippen MR) is 112 cm³/mol. The maximum Gasteiger partial charge on any atom is 0.255 e. The second kappa shape index (κ2) is 9.40. The third-order valence-corrected chi connectivity index (χ3v) is 5.70. The molecular formula is C23H26ClFN2O2. The van der Waals surface area contributed by atoms with Gasteiger partial charge in [0.15, 0.2) is 0 Å². The SMILES string of the molecule is CC(C)CCNC(=O)[C@H]1CN(C(=O)c2ccccc2Cl)C[C@H]1c1ccc(F)cc1. The normalized spacial score (nSPS) is 18.9. The van der Waals surface area contributed by atoms with Crippen molar-refractivity contribution >= 4 is 23.4 Å². The number of carbonyl (C=O) groups excluding carboxylic acids is 2. The van der Waals surface area contributed by atoms with Crippen molar-refractivity contribution in [2.75, 3.05) is 19.6 Å². The highest BCUT2D eigenvalue weighted by atomic mass is 35.5. The quantitative estimate of drug-likeness (QED) is 0.753. The van der Waals surface area contributed by atoms with Crippen molar-refractivity contribution in [2.24, 2.45) is 11.8 Å². The third-order valence-electron chi connectivity index (χ3n) is 5.37. The van der Waals surface area contributed by atoms with Gasteiger partial charge in [0.1, 0.15) is 5.82 Å². The van der Waals surface area contributed by atoms with Crippen LogP contribution in [0.3, 0.4) is 0 Å². The minimum absolute atomic E-state index is 0.0746. The Morgan fingerprint density at radius 3 is 2.48 bits per heavy atom. The summed E-state index contributed by atoms with van der Waals surface area (Å²) in [5.41, 5.74) is 1.28. The number of rotatable bonds is 6. The minimum Gasteiger partial charge on any atom is -0.356 e. The number of benzene rings is 2. The third kappa shape index (κ3) is 5.15. The molecule has 0 spiro atoms. The zero-order valence-electron chi connectivity index (χ0n) is 16.7. The second-order valence-electron chi connectivity index (χ2n) is 7.93. The van der Waals surface area contributed by atoms with Crippen LogP contribution in [0.25, 0.3) is 0 Å². The summed E-state index contributed by atoms with van der Waals surface area (Å²) in [6.07, 6.45) is 0.891. The molecule has 2 aromatic carbocycles. The second-order valence-corrected chi connectivity index (χ2v) is 8.34. The van der Waals surface area contributed by atoms with Crippen molar-refractivity contribution in [1.29, 1.82) is 0 Å². The average Bonchev–Trinajstić information content (AvgIpc) is 3.13. The fraction of sp³-hybridized carbons (Fsp3) is 0.391. The molecule has 0 unspecified atom stereocenters. The summed E-state index contributed by atoms with van der Waals surface area (Å²) in [7, 11) is 0. The first-order chi connectivity index (χ1) is 13.9. The van der Waals surface area contributed by atoms with E-state index in [2.05, 4.69) is 19.2 Å². The van der Waals surface area contributed by atoms with Gasteiger partial charge in [-0.15, -0.1) is 0 Å². The zero-order chi connectivity index (χ0) is 21.0. The smallest absolute Gasteiger partial charge is 0.255 e. The van der Waals surface area contributed by atoms with Gasteiger partial charge >= 0.3 is 0 Å². The first kappa shape index (κ1) is 21.3. The van der Waals surface area contributed by atoms with E-state index in [-0.39, 0.29) is 29.5 Å². The predicted octanol–water partition coefficient (Wildman–Crippen LogP) is 4.50. The summed E-state index contributed by atoms with van der Waals surface area (Å²) in [4.78, 5) is 27.6.